The van der Waals surface area contributed by atoms with Crippen LogP contribution < -0.4 is 0 Å². The van der Waals surface area contributed by atoms with E-state index in [1.165, 1.54) is 0 Å². The van der Waals surface area contributed by atoms with E-state index >= 15 is 0 Å². The Kier molecular flexibility index (Phi) is 6.96. The number of nitrogens with zero attached hydrogens (tertiary/aromatic N) is 1. The maximum atomic E-state index is 14.1. The summed E-state index contributed by atoms with van der Waals surface area (Å²) in [5, 5.41) is 0. The number of methoxy groups -OCH3 is 1. The number of hydrogen-bond donors (Lipinski definition) is 0. The first-order chi connectivity index (χ1) is 13.4. The lowest BCUT2D eigenvalue weighted by Crippen LogP contribution is -2.62. The molecule has 1 saturated heterocycles. The standard InChI is InChI=1S/C18H24F3NO6Si/c1-25-15(23)10-14-17(18(19,20)21,28-29(2,3)4)27-12-22(14)16(24)26-11-13-8-6-5-7-9-13/h5-9,14H,10-12H2,1-4H3/t14-,17-/m0/s1. The van der Waals surface area contributed by atoms with Gasteiger partial charge in [-0.1, -0.05) is 30.3 Å². The molecule has 1 fully saturated rings. The van der Waals surface area contributed by atoms with Crippen molar-refractivity contribution in [2.75, 3.05) is 13.8 Å². The molecule has 0 spiro atoms. The molecule has 11 heteroatoms. The zero-order valence-electron chi connectivity index (χ0n) is 16.6. The van der Waals surface area contributed by atoms with Crippen molar-refractivity contribution in [3.8, 4) is 0 Å². The SMILES string of the molecule is COC(=O)C[C@@H]1N(C(=O)OCc2ccccc2)CO[C@@]1(O[Si](C)(C)C)C(F)(F)F. The van der Waals surface area contributed by atoms with E-state index in [9.17, 15) is 22.8 Å². The van der Waals surface area contributed by atoms with Gasteiger partial charge in [0.05, 0.1) is 13.5 Å². The fourth-order valence-electron chi connectivity index (χ4n) is 2.91. The van der Waals surface area contributed by atoms with Gasteiger partial charge in [0.25, 0.3) is 5.79 Å². The third-order valence-corrected chi connectivity index (χ3v) is 5.03. The van der Waals surface area contributed by atoms with Crippen molar-refractivity contribution >= 4 is 20.4 Å². The average molecular weight is 435 g/mol. The molecule has 1 heterocycles. The number of carbonyl (C=O) groups excluding carboxylic acids is 2. The molecule has 29 heavy (non-hydrogen) atoms. The van der Waals surface area contributed by atoms with Crippen LogP contribution in [0.2, 0.25) is 19.6 Å². The van der Waals surface area contributed by atoms with Crippen LogP contribution in [0.1, 0.15) is 12.0 Å². The predicted molar refractivity (Wildman–Crippen MR) is 98.1 cm³/mol. The first-order valence-electron chi connectivity index (χ1n) is 8.84. The Morgan fingerprint density at radius 3 is 2.38 bits per heavy atom. The highest BCUT2D eigenvalue weighted by Gasteiger charge is 2.69. The van der Waals surface area contributed by atoms with E-state index in [1.807, 2.05) is 0 Å². The number of benzene rings is 1. The van der Waals surface area contributed by atoms with Crippen molar-refractivity contribution in [2.45, 2.75) is 50.7 Å². The summed E-state index contributed by atoms with van der Waals surface area (Å²) in [4.78, 5) is 25.1. The van der Waals surface area contributed by atoms with Gasteiger partial charge in [-0.25, -0.2) is 4.79 Å². The molecule has 1 aliphatic heterocycles. The first-order valence-corrected chi connectivity index (χ1v) is 12.3. The summed E-state index contributed by atoms with van der Waals surface area (Å²) in [7, 11) is -1.77. The molecule has 162 valence electrons. The summed E-state index contributed by atoms with van der Waals surface area (Å²) in [6, 6.07) is 6.86. The zero-order chi connectivity index (χ0) is 21.9. The van der Waals surface area contributed by atoms with Crippen LogP contribution in [0.5, 0.6) is 0 Å². The van der Waals surface area contributed by atoms with Gasteiger partial charge in [0.1, 0.15) is 19.4 Å². The topological polar surface area (TPSA) is 74.3 Å². The van der Waals surface area contributed by atoms with E-state index in [2.05, 4.69) is 4.74 Å². The fourth-order valence-corrected chi connectivity index (χ4v) is 4.13. The summed E-state index contributed by atoms with van der Waals surface area (Å²) in [6.45, 7) is 3.77. The van der Waals surface area contributed by atoms with Crippen molar-refractivity contribution in [3.63, 3.8) is 0 Å². The second kappa shape index (κ2) is 8.72. The summed E-state index contributed by atoms with van der Waals surface area (Å²) in [5.74, 6) is -4.08. The van der Waals surface area contributed by atoms with Crippen LogP contribution >= 0.6 is 0 Å². The van der Waals surface area contributed by atoms with E-state index in [0.29, 0.717) is 10.5 Å². The summed E-state index contributed by atoms with van der Waals surface area (Å²) in [5.41, 5.74) is 0.658. The summed E-state index contributed by atoms with van der Waals surface area (Å²) >= 11 is 0. The van der Waals surface area contributed by atoms with Crippen molar-refractivity contribution in [1.29, 1.82) is 0 Å². The minimum atomic E-state index is -5.00. The molecule has 0 radical (unpaired) electrons. The Morgan fingerprint density at radius 2 is 1.86 bits per heavy atom. The maximum Gasteiger partial charge on any atom is 0.444 e. The predicted octanol–water partition coefficient (Wildman–Crippen LogP) is 3.65. The van der Waals surface area contributed by atoms with Crippen molar-refractivity contribution in [2.24, 2.45) is 0 Å². The van der Waals surface area contributed by atoms with Crippen LogP contribution in [0.15, 0.2) is 30.3 Å². The lowest BCUT2D eigenvalue weighted by molar-refractivity contribution is -0.345. The molecule has 0 bridgehead atoms. The maximum absolute atomic E-state index is 14.1. The van der Waals surface area contributed by atoms with Gasteiger partial charge in [-0.15, -0.1) is 0 Å². The van der Waals surface area contributed by atoms with E-state index in [1.54, 1.807) is 50.0 Å². The largest absolute Gasteiger partial charge is 0.469 e. The van der Waals surface area contributed by atoms with E-state index in [-0.39, 0.29) is 6.61 Å². The molecule has 0 unspecified atom stereocenters. The molecule has 1 aliphatic rings. The summed E-state index contributed by atoms with van der Waals surface area (Å²) < 4.78 is 62.3. The minimum absolute atomic E-state index is 0.144. The number of rotatable bonds is 6. The van der Waals surface area contributed by atoms with Gasteiger partial charge in [-0.2, -0.15) is 13.2 Å². The van der Waals surface area contributed by atoms with Crippen molar-refractivity contribution in [3.05, 3.63) is 35.9 Å². The molecule has 1 aromatic carbocycles. The first kappa shape index (κ1) is 23.2. The Morgan fingerprint density at radius 1 is 1.24 bits per heavy atom. The average Bonchev–Trinajstić information content (AvgIpc) is 2.98. The minimum Gasteiger partial charge on any atom is -0.469 e. The van der Waals surface area contributed by atoms with Crippen LogP contribution in [-0.4, -0.2) is 57.1 Å². The molecule has 0 saturated carbocycles. The van der Waals surface area contributed by atoms with Crippen LogP contribution in [0.4, 0.5) is 18.0 Å². The Balaban J connectivity index is 2.31. The zero-order valence-corrected chi connectivity index (χ0v) is 17.6. The van der Waals surface area contributed by atoms with Gasteiger partial charge in [-0.05, 0) is 25.2 Å². The van der Waals surface area contributed by atoms with Crippen LogP contribution in [0, 0.1) is 0 Å². The number of esters is 1. The van der Waals surface area contributed by atoms with Gasteiger partial charge >= 0.3 is 18.2 Å². The third-order valence-electron chi connectivity index (χ3n) is 4.11. The van der Waals surface area contributed by atoms with Gasteiger partial charge < -0.3 is 18.6 Å². The molecular weight excluding hydrogens is 411 g/mol. The number of hydrogen-bond acceptors (Lipinski definition) is 6. The fraction of sp³-hybridized carbons (Fsp3) is 0.556. The molecule has 1 aromatic rings. The van der Waals surface area contributed by atoms with E-state index in [0.717, 1.165) is 7.11 Å². The number of carbonyl (C=O) groups is 2. The van der Waals surface area contributed by atoms with E-state index < -0.39 is 51.5 Å². The second-order valence-corrected chi connectivity index (χ2v) is 11.9. The normalized spacial score (nSPS) is 22.4. The van der Waals surface area contributed by atoms with Gasteiger partial charge in [0, 0.05) is 0 Å². The van der Waals surface area contributed by atoms with Crippen molar-refractivity contribution in [1.82, 2.24) is 4.90 Å². The number of halogens is 3. The van der Waals surface area contributed by atoms with Crippen molar-refractivity contribution < 1.29 is 41.4 Å². The quantitative estimate of drug-likeness (QED) is 0.502. The lowest BCUT2D eigenvalue weighted by atomic mass is 10.0. The molecular formula is C18H24F3NO6Si. The van der Waals surface area contributed by atoms with Crippen LogP contribution in [0.25, 0.3) is 0 Å². The van der Waals surface area contributed by atoms with Gasteiger partial charge in [0.2, 0.25) is 0 Å². The van der Waals surface area contributed by atoms with E-state index in [4.69, 9.17) is 13.9 Å². The second-order valence-electron chi connectivity index (χ2n) is 7.46. The van der Waals surface area contributed by atoms with Gasteiger partial charge in [-0.3, -0.25) is 9.69 Å². The molecule has 2 rings (SSSR count). The molecule has 2 atom stereocenters. The Bertz CT molecular complexity index is 725. The Hall–Kier alpha value is -2.11. The number of amides is 1. The molecule has 0 aliphatic carbocycles. The van der Waals surface area contributed by atoms with Gasteiger partial charge in [0.15, 0.2) is 8.32 Å². The number of ether oxygens (including phenoxy) is 3. The monoisotopic (exact) mass is 435 g/mol. The molecule has 0 aromatic heterocycles. The number of alkyl halides is 3. The smallest absolute Gasteiger partial charge is 0.444 e. The molecule has 1 amide bonds. The Labute approximate surface area is 167 Å². The molecule has 7 nitrogen and oxygen atoms in total. The highest BCUT2D eigenvalue weighted by Crippen LogP contribution is 2.46. The molecule has 0 N–H and O–H groups in total. The van der Waals surface area contributed by atoms with Crippen LogP contribution in [0.3, 0.4) is 0 Å². The third kappa shape index (κ3) is 5.49. The highest BCUT2D eigenvalue weighted by atomic mass is 28.4. The lowest BCUT2D eigenvalue weighted by Gasteiger charge is -2.40. The summed E-state index contributed by atoms with van der Waals surface area (Å²) in [6.07, 6.45) is -6.81. The van der Waals surface area contributed by atoms with Crippen LogP contribution in [-0.2, 0) is 30.0 Å². The highest BCUT2D eigenvalue weighted by molar-refractivity contribution is 6.69.